The zero-order valence-corrected chi connectivity index (χ0v) is 16.6. The Balaban J connectivity index is 3.39. The van der Waals surface area contributed by atoms with Gasteiger partial charge in [-0.3, -0.25) is 0 Å². The predicted molar refractivity (Wildman–Crippen MR) is 93.6 cm³/mol. The lowest BCUT2D eigenvalue weighted by Crippen LogP contribution is -2.50. The monoisotopic (exact) mass is 369 g/mol. The van der Waals surface area contributed by atoms with Crippen molar-refractivity contribution in [3.05, 3.63) is 17.7 Å². The molecule has 0 aromatic carbocycles. The third-order valence-electron chi connectivity index (χ3n) is 2.61. The van der Waals surface area contributed by atoms with Gasteiger partial charge in [-0.1, -0.05) is 0 Å². The molecule has 1 rings (SSSR count). The maximum Gasteiger partial charge on any atom is 0.439 e. The highest BCUT2D eigenvalue weighted by Crippen LogP contribution is 2.16. The van der Waals surface area contributed by atoms with Crippen LogP contribution in [0.15, 0.2) is 6.20 Å². The Labute approximate surface area is 153 Å². The van der Waals surface area contributed by atoms with E-state index in [-0.39, 0.29) is 12.4 Å². The number of imidazole rings is 1. The molecular weight excluding hydrogens is 342 g/mol. The molecule has 0 radical (unpaired) electrons. The molecule has 0 aliphatic rings. The number of imide groups is 1. The lowest BCUT2D eigenvalue weighted by Gasteiger charge is -2.29. The Morgan fingerprint density at radius 2 is 1.50 bits per heavy atom. The van der Waals surface area contributed by atoms with Crippen molar-refractivity contribution >= 4 is 18.2 Å². The number of nitrogens with zero attached hydrogens (tertiary/aromatic N) is 3. The van der Waals surface area contributed by atoms with Gasteiger partial charge < -0.3 is 14.2 Å². The summed E-state index contributed by atoms with van der Waals surface area (Å²) >= 11 is 0. The smallest absolute Gasteiger partial charge is 0.439 e. The number of aromatic nitrogens is 2. The van der Waals surface area contributed by atoms with Crippen LogP contribution in [0.3, 0.4) is 0 Å². The third kappa shape index (κ3) is 6.05. The summed E-state index contributed by atoms with van der Waals surface area (Å²) < 4.78 is 16.5. The van der Waals surface area contributed by atoms with Crippen LogP contribution in [0, 0.1) is 6.92 Å². The number of hydrogen-bond donors (Lipinski definition) is 0. The van der Waals surface area contributed by atoms with Crippen LogP contribution in [-0.2, 0) is 14.2 Å². The normalized spacial score (nSPS) is 11.7. The summed E-state index contributed by atoms with van der Waals surface area (Å²) in [4.78, 5) is 41.5. The highest BCUT2D eigenvalue weighted by atomic mass is 16.6. The first-order valence-electron chi connectivity index (χ1n) is 8.24. The Kier molecular flexibility index (Phi) is 6.40. The predicted octanol–water partition coefficient (Wildman–Crippen LogP) is 3.18. The molecule has 1 heterocycles. The highest BCUT2D eigenvalue weighted by molar-refractivity contribution is 6.03. The number of carbonyl (C=O) groups excluding carboxylic acids is 3. The first-order valence-corrected chi connectivity index (χ1v) is 8.24. The summed E-state index contributed by atoms with van der Waals surface area (Å²) in [5.74, 6) is -1.02. The maximum absolute atomic E-state index is 12.6. The SMILES string of the molecule is CCOC(=O)c1nc(C)cn1N(C(=O)OC(C)(C)C)C(=O)OC(C)(C)C. The molecule has 9 heteroatoms. The van der Waals surface area contributed by atoms with Crippen LogP contribution >= 0.6 is 0 Å². The van der Waals surface area contributed by atoms with E-state index in [2.05, 4.69) is 4.98 Å². The molecule has 0 bridgehead atoms. The van der Waals surface area contributed by atoms with Gasteiger partial charge in [-0.15, -0.1) is 5.01 Å². The second kappa shape index (κ2) is 7.76. The van der Waals surface area contributed by atoms with Crippen LogP contribution in [0.25, 0.3) is 0 Å². The van der Waals surface area contributed by atoms with Gasteiger partial charge in [0.15, 0.2) is 0 Å². The average Bonchev–Trinajstić information content (AvgIpc) is 2.76. The van der Waals surface area contributed by atoms with Crippen LogP contribution in [-0.4, -0.2) is 45.6 Å². The molecule has 9 nitrogen and oxygen atoms in total. The standard InChI is InChI=1S/C17H27N3O6/c1-9-24-13(21)12-18-11(2)10-19(12)20(14(22)25-16(3,4)5)15(23)26-17(6,7)8/h10H,9H2,1-8H3. The van der Waals surface area contributed by atoms with Crippen molar-refractivity contribution in [3.8, 4) is 0 Å². The minimum atomic E-state index is -1.00. The van der Waals surface area contributed by atoms with Crippen LogP contribution in [0.2, 0.25) is 0 Å². The van der Waals surface area contributed by atoms with E-state index >= 15 is 0 Å². The van der Waals surface area contributed by atoms with E-state index in [1.165, 1.54) is 6.20 Å². The van der Waals surface area contributed by atoms with Gasteiger partial charge >= 0.3 is 18.2 Å². The first kappa shape index (κ1) is 21.5. The molecule has 0 aliphatic heterocycles. The van der Waals surface area contributed by atoms with Crippen molar-refractivity contribution in [1.29, 1.82) is 0 Å². The number of ether oxygens (including phenoxy) is 3. The summed E-state index contributed by atoms with van der Waals surface area (Å²) in [7, 11) is 0. The fourth-order valence-corrected chi connectivity index (χ4v) is 1.83. The topological polar surface area (TPSA) is 100.0 Å². The second-order valence-corrected chi connectivity index (χ2v) is 7.54. The third-order valence-corrected chi connectivity index (χ3v) is 2.61. The largest absolute Gasteiger partial charge is 0.460 e. The molecule has 26 heavy (non-hydrogen) atoms. The minimum absolute atomic E-state index is 0.115. The lowest BCUT2D eigenvalue weighted by atomic mass is 10.2. The zero-order chi connectivity index (χ0) is 20.3. The molecule has 0 unspecified atom stereocenters. The zero-order valence-electron chi connectivity index (χ0n) is 16.6. The van der Waals surface area contributed by atoms with Gasteiger partial charge in [0.05, 0.1) is 18.5 Å². The minimum Gasteiger partial charge on any atom is -0.460 e. The van der Waals surface area contributed by atoms with E-state index in [0.29, 0.717) is 10.7 Å². The van der Waals surface area contributed by atoms with Gasteiger partial charge in [-0.2, -0.15) is 0 Å². The fourth-order valence-electron chi connectivity index (χ4n) is 1.83. The molecule has 0 spiro atoms. The Bertz CT molecular complexity index is 654. The van der Waals surface area contributed by atoms with Crippen LogP contribution in [0.4, 0.5) is 9.59 Å². The molecule has 2 amide bonds. The number of hydrogen-bond acceptors (Lipinski definition) is 7. The van der Waals surface area contributed by atoms with Crippen molar-refractivity contribution in [2.24, 2.45) is 0 Å². The number of amides is 2. The molecule has 146 valence electrons. The Morgan fingerprint density at radius 3 is 1.88 bits per heavy atom. The summed E-state index contributed by atoms with van der Waals surface area (Å²) in [6, 6.07) is 0. The van der Waals surface area contributed by atoms with Gasteiger partial charge in [-0.05, 0) is 55.4 Å². The molecular formula is C17H27N3O6. The summed E-state index contributed by atoms with van der Waals surface area (Å²) in [6.45, 7) is 13.3. The van der Waals surface area contributed by atoms with E-state index in [1.54, 1.807) is 55.4 Å². The van der Waals surface area contributed by atoms with E-state index in [9.17, 15) is 14.4 Å². The molecule has 0 saturated carbocycles. The number of rotatable bonds is 3. The molecule has 0 atom stereocenters. The number of esters is 1. The van der Waals surface area contributed by atoms with Gasteiger partial charge in [0.25, 0.3) is 0 Å². The van der Waals surface area contributed by atoms with Gasteiger partial charge in [-0.25, -0.2) is 24.0 Å². The summed E-state index contributed by atoms with van der Waals surface area (Å²) in [6.07, 6.45) is -0.663. The van der Waals surface area contributed by atoms with Crippen molar-refractivity contribution < 1.29 is 28.6 Å². The van der Waals surface area contributed by atoms with Crippen molar-refractivity contribution in [3.63, 3.8) is 0 Å². The van der Waals surface area contributed by atoms with E-state index in [0.717, 1.165) is 4.68 Å². The van der Waals surface area contributed by atoms with Gasteiger partial charge in [0, 0.05) is 0 Å². The van der Waals surface area contributed by atoms with E-state index in [1.807, 2.05) is 0 Å². The summed E-state index contributed by atoms with van der Waals surface area (Å²) in [5, 5.41) is 0.586. The van der Waals surface area contributed by atoms with Crippen molar-refractivity contribution in [2.75, 3.05) is 11.6 Å². The van der Waals surface area contributed by atoms with Gasteiger partial charge in [0.1, 0.15) is 11.2 Å². The maximum atomic E-state index is 12.6. The van der Waals surface area contributed by atoms with Crippen LogP contribution in [0.5, 0.6) is 0 Å². The Hall–Kier alpha value is -2.58. The molecule has 0 saturated heterocycles. The molecule has 0 N–H and O–H groups in total. The molecule has 0 fully saturated rings. The highest BCUT2D eigenvalue weighted by Gasteiger charge is 2.35. The Morgan fingerprint density at radius 1 is 1.04 bits per heavy atom. The molecule has 0 aliphatic carbocycles. The molecule has 1 aromatic rings. The van der Waals surface area contributed by atoms with Crippen molar-refractivity contribution in [1.82, 2.24) is 9.66 Å². The number of aryl methyl sites for hydroxylation is 1. The van der Waals surface area contributed by atoms with E-state index < -0.39 is 29.4 Å². The lowest BCUT2D eigenvalue weighted by molar-refractivity contribution is 0.0361. The summed E-state index contributed by atoms with van der Waals surface area (Å²) in [5.41, 5.74) is -1.32. The van der Waals surface area contributed by atoms with Crippen LogP contribution in [0.1, 0.15) is 64.8 Å². The van der Waals surface area contributed by atoms with Crippen molar-refractivity contribution in [2.45, 2.75) is 66.6 Å². The van der Waals surface area contributed by atoms with Crippen LogP contribution < -0.4 is 5.01 Å². The fraction of sp³-hybridized carbons (Fsp3) is 0.647. The quantitative estimate of drug-likeness (QED) is 0.596. The average molecular weight is 369 g/mol. The van der Waals surface area contributed by atoms with Gasteiger partial charge in [0.2, 0.25) is 5.82 Å². The second-order valence-electron chi connectivity index (χ2n) is 7.54. The number of carbonyl (C=O) groups is 3. The molecule has 1 aromatic heterocycles. The first-order chi connectivity index (χ1) is 11.7. The van der Waals surface area contributed by atoms with E-state index in [4.69, 9.17) is 14.2 Å².